The molecule has 0 aromatic carbocycles. The first kappa shape index (κ1) is 16.5. The summed E-state index contributed by atoms with van der Waals surface area (Å²) in [6.45, 7) is 5.26. The van der Waals surface area contributed by atoms with Gasteiger partial charge in [-0.25, -0.2) is 4.98 Å². The Hall–Kier alpha value is -0.880. The van der Waals surface area contributed by atoms with E-state index >= 15 is 0 Å². The van der Waals surface area contributed by atoms with E-state index in [-0.39, 0.29) is 11.1 Å². The molecule has 5 nitrogen and oxygen atoms in total. The van der Waals surface area contributed by atoms with Crippen molar-refractivity contribution in [3.8, 4) is 0 Å². The smallest absolute Gasteiger partial charge is 0.257 e. The lowest BCUT2D eigenvalue weighted by molar-refractivity contribution is 0.0629. The average Bonchev–Trinajstić information content (AvgIpc) is 2.45. The van der Waals surface area contributed by atoms with Gasteiger partial charge in [-0.2, -0.15) is 0 Å². The molecule has 116 valence electrons. The van der Waals surface area contributed by atoms with Crippen LogP contribution in [0.2, 0.25) is 10.3 Å². The second-order valence-corrected chi connectivity index (χ2v) is 6.15. The van der Waals surface area contributed by atoms with Crippen LogP contribution in [0.5, 0.6) is 0 Å². The summed E-state index contributed by atoms with van der Waals surface area (Å²) < 4.78 is 0. The van der Waals surface area contributed by atoms with Crippen LogP contribution >= 0.6 is 23.2 Å². The van der Waals surface area contributed by atoms with Crippen LogP contribution in [0.1, 0.15) is 10.4 Å². The van der Waals surface area contributed by atoms with E-state index in [1.165, 1.54) is 0 Å². The predicted octanol–water partition coefficient (Wildman–Crippen LogP) is 1.71. The Morgan fingerprint density at radius 2 is 1.90 bits per heavy atom. The number of carbonyl (C=O) groups excluding carboxylic acids is 1. The third-order valence-electron chi connectivity index (χ3n) is 3.57. The number of carbonyl (C=O) groups is 1. The zero-order valence-electron chi connectivity index (χ0n) is 12.4. The minimum Gasteiger partial charge on any atom is -0.336 e. The molecule has 1 aliphatic rings. The summed E-state index contributed by atoms with van der Waals surface area (Å²) >= 11 is 11.8. The van der Waals surface area contributed by atoms with Crippen LogP contribution in [0.15, 0.2) is 12.1 Å². The fraction of sp³-hybridized carbons (Fsp3) is 0.571. The number of amides is 1. The minimum atomic E-state index is -0.0728. The van der Waals surface area contributed by atoms with Gasteiger partial charge in [0.1, 0.15) is 10.3 Å². The van der Waals surface area contributed by atoms with E-state index in [9.17, 15) is 4.79 Å². The molecule has 0 bridgehead atoms. The minimum absolute atomic E-state index is 0.0728. The fourth-order valence-electron chi connectivity index (χ4n) is 2.26. The Bertz CT molecular complexity index is 502. The molecule has 7 heteroatoms. The summed E-state index contributed by atoms with van der Waals surface area (Å²) in [4.78, 5) is 22.7. The molecular weight excluding hydrogens is 311 g/mol. The molecule has 1 amide bonds. The highest BCUT2D eigenvalue weighted by atomic mass is 35.5. The Kier molecular flexibility index (Phi) is 5.81. The standard InChI is InChI=1S/C14H20Cl2N4O/c1-18(2)5-6-19-7-9-20(10-8-19)14(21)11-3-4-12(15)17-13(11)16/h3-4H,5-10H2,1-2H3. The van der Waals surface area contributed by atoms with Crippen molar-refractivity contribution in [1.29, 1.82) is 0 Å². The number of nitrogens with zero attached hydrogens (tertiary/aromatic N) is 4. The molecule has 0 N–H and O–H groups in total. The third kappa shape index (κ3) is 4.54. The van der Waals surface area contributed by atoms with Crippen molar-refractivity contribution in [2.45, 2.75) is 0 Å². The molecule has 2 heterocycles. The first-order chi connectivity index (χ1) is 9.97. The zero-order chi connectivity index (χ0) is 15.4. The van der Waals surface area contributed by atoms with Gasteiger partial charge in [-0.3, -0.25) is 9.69 Å². The molecule has 1 fully saturated rings. The lowest BCUT2D eigenvalue weighted by Crippen LogP contribution is -2.50. The summed E-state index contributed by atoms with van der Waals surface area (Å²) in [5.41, 5.74) is 0.419. The molecule has 0 atom stereocenters. The molecule has 0 aliphatic carbocycles. The number of halogens is 2. The van der Waals surface area contributed by atoms with Crippen molar-refractivity contribution in [2.75, 3.05) is 53.4 Å². The van der Waals surface area contributed by atoms with Crippen LogP contribution in [0.4, 0.5) is 0 Å². The van der Waals surface area contributed by atoms with Crippen molar-refractivity contribution < 1.29 is 4.79 Å². The maximum absolute atomic E-state index is 12.4. The van der Waals surface area contributed by atoms with E-state index in [1.807, 2.05) is 4.90 Å². The lowest BCUT2D eigenvalue weighted by Gasteiger charge is -2.35. The maximum Gasteiger partial charge on any atom is 0.257 e. The van der Waals surface area contributed by atoms with Gasteiger partial charge in [0.15, 0.2) is 0 Å². The number of hydrogen-bond donors (Lipinski definition) is 0. The number of aromatic nitrogens is 1. The van der Waals surface area contributed by atoms with E-state index in [1.54, 1.807) is 12.1 Å². The summed E-state index contributed by atoms with van der Waals surface area (Å²) in [5.74, 6) is -0.0728. The van der Waals surface area contributed by atoms with Gasteiger partial charge in [0.2, 0.25) is 0 Å². The van der Waals surface area contributed by atoms with Crippen molar-refractivity contribution >= 4 is 29.1 Å². The molecule has 2 rings (SSSR count). The molecule has 0 saturated carbocycles. The molecule has 0 spiro atoms. The Labute approximate surface area is 135 Å². The Morgan fingerprint density at radius 1 is 1.24 bits per heavy atom. The van der Waals surface area contributed by atoms with Crippen LogP contribution in [0.25, 0.3) is 0 Å². The molecule has 1 aliphatic heterocycles. The zero-order valence-corrected chi connectivity index (χ0v) is 13.9. The van der Waals surface area contributed by atoms with Crippen molar-refractivity contribution in [2.24, 2.45) is 0 Å². The number of piperazine rings is 1. The normalized spacial score (nSPS) is 16.5. The maximum atomic E-state index is 12.4. The van der Waals surface area contributed by atoms with Gasteiger partial charge in [-0.1, -0.05) is 23.2 Å². The van der Waals surface area contributed by atoms with E-state index in [0.717, 1.165) is 26.2 Å². The molecule has 1 saturated heterocycles. The monoisotopic (exact) mass is 330 g/mol. The van der Waals surface area contributed by atoms with Gasteiger partial charge in [-0.15, -0.1) is 0 Å². The van der Waals surface area contributed by atoms with Gasteiger partial charge in [0.25, 0.3) is 5.91 Å². The van der Waals surface area contributed by atoms with E-state index in [4.69, 9.17) is 23.2 Å². The summed E-state index contributed by atoms with van der Waals surface area (Å²) in [5, 5.41) is 0.465. The third-order valence-corrected chi connectivity index (χ3v) is 4.07. The predicted molar refractivity (Wildman–Crippen MR) is 85.2 cm³/mol. The van der Waals surface area contributed by atoms with Gasteiger partial charge in [0.05, 0.1) is 5.56 Å². The Balaban J connectivity index is 1.91. The first-order valence-electron chi connectivity index (χ1n) is 6.96. The topological polar surface area (TPSA) is 39.7 Å². The van der Waals surface area contributed by atoms with Crippen LogP contribution < -0.4 is 0 Å². The average molecular weight is 331 g/mol. The number of likely N-dealkylation sites (N-methyl/N-ethyl adjacent to an activating group) is 1. The summed E-state index contributed by atoms with van der Waals surface area (Å²) in [7, 11) is 4.13. The molecular formula is C14H20Cl2N4O. The van der Waals surface area contributed by atoms with Gasteiger partial charge < -0.3 is 9.80 Å². The SMILES string of the molecule is CN(C)CCN1CCN(C(=O)c2ccc(Cl)nc2Cl)CC1. The highest BCUT2D eigenvalue weighted by molar-refractivity contribution is 6.34. The van der Waals surface area contributed by atoms with Crippen LogP contribution in [0.3, 0.4) is 0 Å². The number of rotatable bonds is 4. The van der Waals surface area contributed by atoms with E-state index in [2.05, 4.69) is 28.9 Å². The summed E-state index contributed by atoms with van der Waals surface area (Å²) in [6, 6.07) is 3.23. The van der Waals surface area contributed by atoms with Crippen LogP contribution in [0, 0.1) is 0 Å². The van der Waals surface area contributed by atoms with Crippen LogP contribution in [-0.4, -0.2) is 79.0 Å². The van der Waals surface area contributed by atoms with Crippen LogP contribution in [-0.2, 0) is 0 Å². The van der Waals surface area contributed by atoms with Gasteiger partial charge in [-0.05, 0) is 26.2 Å². The van der Waals surface area contributed by atoms with E-state index < -0.39 is 0 Å². The highest BCUT2D eigenvalue weighted by Crippen LogP contribution is 2.19. The fourth-order valence-corrected chi connectivity index (χ4v) is 2.68. The molecule has 1 aromatic rings. The van der Waals surface area contributed by atoms with Crippen molar-refractivity contribution in [3.63, 3.8) is 0 Å². The van der Waals surface area contributed by atoms with Crippen molar-refractivity contribution in [3.05, 3.63) is 28.0 Å². The van der Waals surface area contributed by atoms with E-state index in [0.29, 0.717) is 23.8 Å². The largest absolute Gasteiger partial charge is 0.336 e. The first-order valence-corrected chi connectivity index (χ1v) is 7.71. The molecule has 0 unspecified atom stereocenters. The highest BCUT2D eigenvalue weighted by Gasteiger charge is 2.23. The second kappa shape index (κ2) is 7.40. The Morgan fingerprint density at radius 3 is 2.48 bits per heavy atom. The molecule has 1 aromatic heterocycles. The number of pyridine rings is 1. The molecule has 21 heavy (non-hydrogen) atoms. The summed E-state index contributed by atoms with van der Waals surface area (Å²) in [6.07, 6.45) is 0. The lowest BCUT2D eigenvalue weighted by atomic mass is 10.2. The van der Waals surface area contributed by atoms with Crippen molar-refractivity contribution in [1.82, 2.24) is 19.7 Å². The second-order valence-electron chi connectivity index (χ2n) is 5.41. The quantitative estimate of drug-likeness (QED) is 0.788. The van der Waals surface area contributed by atoms with Gasteiger partial charge in [0, 0.05) is 39.3 Å². The number of hydrogen-bond acceptors (Lipinski definition) is 4. The van der Waals surface area contributed by atoms with Gasteiger partial charge >= 0.3 is 0 Å². The molecule has 0 radical (unpaired) electrons.